The highest BCUT2D eigenvalue weighted by Crippen LogP contribution is 2.31. The number of nitrogens with one attached hydrogen (secondary N) is 1. The second-order valence-electron chi connectivity index (χ2n) is 7.74. The molecule has 158 valence electrons. The zero-order valence-corrected chi connectivity index (χ0v) is 18.4. The second-order valence-corrected chi connectivity index (χ2v) is 8.86. The molecule has 0 bridgehead atoms. The number of benzene rings is 2. The van der Waals surface area contributed by atoms with E-state index in [1.807, 2.05) is 47.5 Å². The minimum absolute atomic E-state index is 0.117. The molecule has 2 aromatic carbocycles. The highest BCUT2D eigenvalue weighted by Gasteiger charge is 2.25. The lowest BCUT2D eigenvalue weighted by atomic mass is 10.0. The molecule has 0 aliphatic carbocycles. The molecule has 1 N–H and O–H groups in total. The number of anilines is 2. The number of fused-ring (bicyclic) bond motifs is 2. The van der Waals surface area contributed by atoms with Gasteiger partial charge in [0.05, 0.1) is 17.7 Å². The molecule has 0 fully saturated rings. The Bertz CT molecular complexity index is 1310. The highest BCUT2D eigenvalue weighted by molar-refractivity contribution is 7.10. The second kappa shape index (κ2) is 8.40. The average Bonchev–Trinajstić information content (AvgIpc) is 3.17. The van der Waals surface area contributed by atoms with Crippen LogP contribution < -0.4 is 10.2 Å². The molecule has 0 unspecified atom stereocenters. The molecule has 6 heteroatoms. The van der Waals surface area contributed by atoms with Crippen molar-refractivity contribution in [3.05, 3.63) is 111 Å². The Morgan fingerprint density at radius 3 is 2.41 bits per heavy atom. The van der Waals surface area contributed by atoms with Crippen LogP contribution in [-0.4, -0.2) is 16.8 Å². The van der Waals surface area contributed by atoms with Gasteiger partial charge in [0.2, 0.25) is 0 Å². The quantitative estimate of drug-likeness (QED) is 0.461. The molecular weight excluding hydrogens is 418 g/mol. The molecule has 0 spiro atoms. The number of amides is 2. The average molecular weight is 440 g/mol. The molecule has 2 aromatic heterocycles. The van der Waals surface area contributed by atoms with Gasteiger partial charge in [-0.2, -0.15) is 0 Å². The maximum atomic E-state index is 13.5. The van der Waals surface area contributed by atoms with Gasteiger partial charge in [-0.25, -0.2) is 4.98 Å². The number of aryl methyl sites for hydroxylation is 1. The van der Waals surface area contributed by atoms with Gasteiger partial charge in [-0.05, 0) is 59.7 Å². The summed E-state index contributed by atoms with van der Waals surface area (Å²) >= 11 is 1.53. The molecule has 1 aliphatic rings. The number of aromatic nitrogens is 1. The first-order chi connectivity index (χ1) is 15.6. The summed E-state index contributed by atoms with van der Waals surface area (Å²) in [4.78, 5) is 33.0. The molecule has 0 radical (unpaired) electrons. The molecule has 32 heavy (non-hydrogen) atoms. The van der Waals surface area contributed by atoms with Crippen LogP contribution in [0.4, 0.5) is 11.5 Å². The zero-order chi connectivity index (χ0) is 22.1. The number of para-hydroxylation sites is 1. The van der Waals surface area contributed by atoms with Crippen LogP contribution in [-0.2, 0) is 13.0 Å². The van der Waals surface area contributed by atoms with Crippen LogP contribution in [0.3, 0.4) is 0 Å². The van der Waals surface area contributed by atoms with Gasteiger partial charge in [-0.3, -0.25) is 9.59 Å². The van der Waals surface area contributed by atoms with Crippen molar-refractivity contribution in [3.63, 3.8) is 0 Å². The minimum atomic E-state index is -0.201. The first kappa shape index (κ1) is 20.2. The SMILES string of the molecule is Cc1sccc1C(=O)Nc1ccc(C(=O)N2Cc3ccccc3Cc3ccccc32)cn1. The Morgan fingerprint density at radius 1 is 0.938 bits per heavy atom. The Kier molecular flexibility index (Phi) is 5.29. The topological polar surface area (TPSA) is 62.3 Å². The first-order valence-corrected chi connectivity index (χ1v) is 11.3. The van der Waals surface area contributed by atoms with Crippen LogP contribution in [0.15, 0.2) is 78.3 Å². The monoisotopic (exact) mass is 439 g/mol. The Morgan fingerprint density at radius 2 is 1.69 bits per heavy atom. The largest absolute Gasteiger partial charge is 0.307 e. The van der Waals surface area contributed by atoms with Crippen LogP contribution >= 0.6 is 11.3 Å². The minimum Gasteiger partial charge on any atom is -0.307 e. The third-order valence-corrected chi connectivity index (χ3v) is 6.56. The van der Waals surface area contributed by atoms with Crippen molar-refractivity contribution < 1.29 is 9.59 Å². The fourth-order valence-electron chi connectivity index (χ4n) is 4.00. The normalized spacial score (nSPS) is 12.5. The van der Waals surface area contributed by atoms with Crippen molar-refractivity contribution >= 4 is 34.7 Å². The van der Waals surface area contributed by atoms with E-state index in [1.54, 1.807) is 18.2 Å². The van der Waals surface area contributed by atoms with Crippen LogP contribution in [0.1, 0.15) is 42.3 Å². The third kappa shape index (κ3) is 3.81. The summed E-state index contributed by atoms with van der Waals surface area (Å²) in [5.41, 5.74) is 5.52. The number of nitrogens with zero attached hydrogens (tertiary/aromatic N) is 2. The standard InChI is InChI=1S/C26H21N3O2S/c1-17-22(12-13-32-17)25(30)28-24-11-10-20(15-27-24)26(31)29-16-21-8-3-2-6-18(21)14-19-7-4-5-9-23(19)29/h2-13,15H,14,16H2,1H3,(H,27,28,30). The summed E-state index contributed by atoms with van der Waals surface area (Å²) < 4.78 is 0. The fourth-order valence-corrected chi connectivity index (χ4v) is 4.70. The third-order valence-electron chi connectivity index (χ3n) is 5.71. The number of hydrogen-bond donors (Lipinski definition) is 1. The number of carbonyl (C=O) groups is 2. The summed E-state index contributed by atoms with van der Waals surface area (Å²) in [6.45, 7) is 2.41. The molecule has 5 rings (SSSR count). The molecular formula is C26H21N3O2S. The lowest BCUT2D eigenvalue weighted by Gasteiger charge is -2.23. The van der Waals surface area contributed by atoms with E-state index in [-0.39, 0.29) is 11.8 Å². The van der Waals surface area contributed by atoms with Crippen molar-refractivity contribution in [1.29, 1.82) is 0 Å². The molecule has 5 nitrogen and oxygen atoms in total. The zero-order valence-electron chi connectivity index (χ0n) is 17.5. The van der Waals surface area contributed by atoms with Gasteiger partial charge in [-0.1, -0.05) is 42.5 Å². The van der Waals surface area contributed by atoms with Crippen molar-refractivity contribution in [2.75, 3.05) is 10.2 Å². The van der Waals surface area contributed by atoms with E-state index in [9.17, 15) is 9.59 Å². The Labute approximate surface area is 190 Å². The van der Waals surface area contributed by atoms with Gasteiger partial charge in [0.1, 0.15) is 5.82 Å². The number of thiophene rings is 1. The van der Waals surface area contributed by atoms with Gasteiger partial charge < -0.3 is 10.2 Å². The van der Waals surface area contributed by atoms with Gasteiger partial charge in [0.25, 0.3) is 11.8 Å². The molecule has 3 heterocycles. The van der Waals surface area contributed by atoms with E-state index in [4.69, 9.17) is 0 Å². The van der Waals surface area contributed by atoms with Crippen molar-refractivity contribution in [2.45, 2.75) is 19.9 Å². The van der Waals surface area contributed by atoms with Crippen LogP contribution in [0.5, 0.6) is 0 Å². The summed E-state index contributed by atoms with van der Waals surface area (Å²) in [5.74, 6) is 0.0975. The van der Waals surface area contributed by atoms with Crippen molar-refractivity contribution in [1.82, 2.24) is 4.98 Å². The van der Waals surface area contributed by atoms with Crippen LogP contribution in [0.25, 0.3) is 0 Å². The number of pyridine rings is 1. The van der Waals surface area contributed by atoms with E-state index < -0.39 is 0 Å². The maximum absolute atomic E-state index is 13.5. The molecule has 0 atom stereocenters. The lowest BCUT2D eigenvalue weighted by Crippen LogP contribution is -2.30. The number of carbonyl (C=O) groups excluding carboxylic acids is 2. The van der Waals surface area contributed by atoms with E-state index >= 15 is 0 Å². The number of hydrogen-bond acceptors (Lipinski definition) is 4. The number of rotatable bonds is 3. The lowest BCUT2D eigenvalue weighted by molar-refractivity contribution is 0.0984. The Balaban J connectivity index is 1.41. The molecule has 1 aliphatic heterocycles. The highest BCUT2D eigenvalue weighted by atomic mass is 32.1. The summed E-state index contributed by atoms with van der Waals surface area (Å²) in [5, 5.41) is 4.69. The first-order valence-electron chi connectivity index (χ1n) is 10.4. The fraction of sp³-hybridized carbons (Fsp3) is 0.115. The van der Waals surface area contributed by atoms with Crippen LogP contribution in [0.2, 0.25) is 0 Å². The van der Waals surface area contributed by atoms with E-state index in [0.717, 1.165) is 28.1 Å². The van der Waals surface area contributed by atoms with E-state index in [1.165, 1.54) is 23.1 Å². The summed E-state index contributed by atoms with van der Waals surface area (Å²) in [7, 11) is 0. The Hall–Kier alpha value is -3.77. The smallest absolute Gasteiger partial charge is 0.260 e. The predicted octanol–water partition coefficient (Wildman–Crippen LogP) is 5.46. The van der Waals surface area contributed by atoms with E-state index in [2.05, 4.69) is 28.5 Å². The molecule has 4 aromatic rings. The van der Waals surface area contributed by atoms with Crippen molar-refractivity contribution in [3.8, 4) is 0 Å². The van der Waals surface area contributed by atoms with Crippen molar-refractivity contribution in [2.24, 2.45) is 0 Å². The summed E-state index contributed by atoms with van der Waals surface area (Å²) in [6.07, 6.45) is 2.32. The summed E-state index contributed by atoms with van der Waals surface area (Å²) in [6, 6.07) is 21.4. The maximum Gasteiger partial charge on any atom is 0.260 e. The van der Waals surface area contributed by atoms with Gasteiger partial charge in [0.15, 0.2) is 0 Å². The molecule has 2 amide bonds. The van der Waals surface area contributed by atoms with Gasteiger partial charge in [-0.15, -0.1) is 11.3 Å². The predicted molar refractivity (Wildman–Crippen MR) is 127 cm³/mol. The van der Waals surface area contributed by atoms with Crippen LogP contribution in [0, 0.1) is 6.92 Å². The molecule has 0 saturated heterocycles. The van der Waals surface area contributed by atoms with Gasteiger partial charge >= 0.3 is 0 Å². The van der Waals surface area contributed by atoms with E-state index in [0.29, 0.717) is 23.5 Å². The van der Waals surface area contributed by atoms with Gasteiger partial charge in [0, 0.05) is 16.8 Å². The molecule has 0 saturated carbocycles.